The van der Waals surface area contributed by atoms with Gasteiger partial charge in [0.1, 0.15) is 5.75 Å². The lowest BCUT2D eigenvalue weighted by molar-refractivity contribution is -0.120. The molecule has 6 nitrogen and oxygen atoms in total. The van der Waals surface area contributed by atoms with E-state index in [1.54, 1.807) is 36.4 Å². The second-order valence-electron chi connectivity index (χ2n) is 6.41. The molecular weight excluding hydrogens is 364 g/mol. The summed E-state index contributed by atoms with van der Waals surface area (Å²) >= 11 is 0. The Morgan fingerprint density at radius 3 is 2.37 bits per heavy atom. The van der Waals surface area contributed by atoms with Crippen molar-refractivity contribution >= 4 is 21.6 Å². The number of hydrogen-bond donors (Lipinski definition) is 1. The van der Waals surface area contributed by atoms with E-state index in [-0.39, 0.29) is 11.8 Å². The van der Waals surface area contributed by atoms with Crippen molar-refractivity contribution in [1.29, 1.82) is 0 Å². The van der Waals surface area contributed by atoms with E-state index in [2.05, 4.69) is 5.32 Å². The number of carbonyl (C=O) groups excluding carboxylic acids is 1. The van der Waals surface area contributed by atoms with Crippen molar-refractivity contribution in [3.8, 4) is 5.75 Å². The molecular formula is C20H24N2O4S. The zero-order valence-corrected chi connectivity index (χ0v) is 16.1. The minimum Gasteiger partial charge on any atom is -0.492 e. The Hall–Kier alpha value is -2.38. The van der Waals surface area contributed by atoms with Crippen LogP contribution in [0.25, 0.3) is 0 Å². The Balaban J connectivity index is 1.62. The first-order chi connectivity index (χ1) is 13.0. The maximum absolute atomic E-state index is 12.7. The smallest absolute Gasteiger partial charge is 0.243 e. The summed E-state index contributed by atoms with van der Waals surface area (Å²) < 4.78 is 32.4. The Bertz CT molecular complexity index is 876. The van der Waals surface area contributed by atoms with Crippen LogP contribution in [0.2, 0.25) is 0 Å². The van der Waals surface area contributed by atoms with Gasteiger partial charge >= 0.3 is 0 Å². The molecule has 1 amide bonds. The minimum absolute atomic E-state index is 0.0982. The molecule has 1 aliphatic rings. The molecule has 0 aromatic heterocycles. The topological polar surface area (TPSA) is 75.7 Å². The molecule has 0 spiro atoms. The molecule has 1 fully saturated rings. The summed E-state index contributed by atoms with van der Waals surface area (Å²) in [6, 6.07) is 15.7. The molecule has 0 aliphatic carbocycles. The second kappa shape index (κ2) is 8.54. The molecule has 1 aliphatic heterocycles. The molecule has 27 heavy (non-hydrogen) atoms. The van der Waals surface area contributed by atoms with Gasteiger partial charge in [0.05, 0.1) is 17.2 Å². The quantitative estimate of drug-likeness (QED) is 0.825. The van der Waals surface area contributed by atoms with Crippen LogP contribution in [0.15, 0.2) is 59.5 Å². The predicted molar refractivity (Wildman–Crippen MR) is 104 cm³/mol. The lowest BCUT2D eigenvalue weighted by atomic mass is 9.97. The molecule has 2 aromatic carbocycles. The van der Waals surface area contributed by atoms with E-state index in [0.29, 0.717) is 48.9 Å². The fourth-order valence-corrected chi connectivity index (χ4v) is 4.68. The first-order valence-electron chi connectivity index (χ1n) is 9.10. The standard InChI is InChI=1S/C20H24N2O4S/c1-2-26-19-11-7-6-10-18(19)21-20(23)16-12-14-22(15-13-16)27(24,25)17-8-4-3-5-9-17/h3-11,16H,2,12-15H2,1H3,(H,21,23). The second-order valence-corrected chi connectivity index (χ2v) is 8.35. The number of ether oxygens (including phenoxy) is 1. The SMILES string of the molecule is CCOc1ccccc1NC(=O)C1CCN(S(=O)(=O)c2ccccc2)CC1. The van der Waals surface area contributed by atoms with Gasteiger partial charge in [0.25, 0.3) is 0 Å². The molecule has 7 heteroatoms. The molecule has 3 rings (SSSR count). The van der Waals surface area contributed by atoms with Crippen molar-refractivity contribution in [2.24, 2.45) is 5.92 Å². The summed E-state index contributed by atoms with van der Waals surface area (Å²) in [5.74, 6) is 0.318. The molecule has 2 aromatic rings. The monoisotopic (exact) mass is 388 g/mol. The lowest BCUT2D eigenvalue weighted by Gasteiger charge is -2.30. The zero-order chi connectivity index (χ0) is 19.3. The number of benzene rings is 2. The average molecular weight is 388 g/mol. The van der Waals surface area contributed by atoms with E-state index in [4.69, 9.17) is 4.74 Å². The van der Waals surface area contributed by atoms with Crippen LogP contribution in [-0.4, -0.2) is 38.3 Å². The number of piperidine rings is 1. The van der Waals surface area contributed by atoms with Gasteiger partial charge in [0.2, 0.25) is 15.9 Å². The number of rotatable bonds is 6. The van der Waals surface area contributed by atoms with Crippen LogP contribution in [0.5, 0.6) is 5.75 Å². The van der Waals surface area contributed by atoms with E-state index in [1.165, 1.54) is 4.31 Å². The van der Waals surface area contributed by atoms with Gasteiger partial charge in [-0.05, 0) is 44.0 Å². The maximum Gasteiger partial charge on any atom is 0.243 e. The summed E-state index contributed by atoms with van der Waals surface area (Å²) in [6.45, 7) is 3.08. The molecule has 1 saturated heterocycles. The number of nitrogens with one attached hydrogen (secondary N) is 1. The summed E-state index contributed by atoms with van der Waals surface area (Å²) in [5.41, 5.74) is 0.642. The minimum atomic E-state index is -3.50. The van der Waals surface area contributed by atoms with Crippen molar-refractivity contribution in [1.82, 2.24) is 4.31 Å². The van der Waals surface area contributed by atoms with Crippen LogP contribution in [0.3, 0.4) is 0 Å². The van der Waals surface area contributed by atoms with Crippen LogP contribution in [0.1, 0.15) is 19.8 Å². The van der Waals surface area contributed by atoms with Crippen molar-refractivity contribution in [3.63, 3.8) is 0 Å². The van der Waals surface area contributed by atoms with Crippen LogP contribution in [0.4, 0.5) is 5.69 Å². The zero-order valence-electron chi connectivity index (χ0n) is 15.3. The molecule has 144 valence electrons. The van der Waals surface area contributed by atoms with E-state index in [9.17, 15) is 13.2 Å². The number of hydrogen-bond acceptors (Lipinski definition) is 4. The fourth-order valence-electron chi connectivity index (χ4n) is 3.19. The number of para-hydroxylation sites is 2. The maximum atomic E-state index is 12.7. The molecule has 0 radical (unpaired) electrons. The van der Waals surface area contributed by atoms with Gasteiger partial charge in [-0.2, -0.15) is 4.31 Å². The highest BCUT2D eigenvalue weighted by Crippen LogP contribution is 2.27. The van der Waals surface area contributed by atoms with Gasteiger partial charge in [-0.25, -0.2) is 8.42 Å². The fraction of sp³-hybridized carbons (Fsp3) is 0.350. The highest BCUT2D eigenvalue weighted by molar-refractivity contribution is 7.89. The van der Waals surface area contributed by atoms with Crippen molar-refractivity contribution in [2.75, 3.05) is 25.0 Å². The average Bonchev–Trinajstić information content (AvgIpc) is 2.70. The summed E-state index contributed by atoms with van der Waals surface area (Å²) in [5, 5.41) is 2.92. The van der Waals surface area contributed by atoms with E-state index in [0.717, 1.165) is 0 Å². The molecule has 1 N–H and O–H groups in total. The van der Waals surface area contributed by atoms with Gasteiger partial charge in [-0.1, -0.05) is 30.3 Å². The van der Waals surface area contributed by atoms with E-state index >= 15 is 0 Å². The number of nitrogens with zero attached hydrogens (tertiary/aromatic N) is 1. The van der Waals surface area contributed by atoms with Crippen molar-refractivity contribution in [2.45, 2.75) is 24.7 Å². The number of sulfonamides is 1. The van der Waals surface area contributed by atoms with Gasteiger partial charge in [-0.15, -0.1) is 0 Å². The Morgan fingerprint density at radius 2 is 1.70 bits per heavy atom. The van der Waals surface area contributed by atoms with Gasteiger partial charge in [0.15, 0.2) is 0 Å². The third kappa shape index (κ3) is 4.48. The Morgan fingerprint density at radius 1 is 1.07 bits per heavy atom. The largest absolute Gasteiger partial charge is 0.492 e. The molecule has 0 bridgehead atoms. The third-order valence-corrected chi connectivity index (χ3v) is 6.56. The number of anilines is 1. The van der Waals surface area contributed by atoms with Crippen LogP contribution in [-0.2, 0) is 14.8 Å². The van der Waals surface area contributed by atoms with Gasteiger partial charge < -0.3 is 10.1 Å². The highest BCUT2D eigenvalue weighted by atomic mass is 32.2. The van der Waals surface area contributed by atoms with Crippen molar-refractivity contribution in [3.05, 3.63) is 54.6 Å². The third-order valence-electron chi connectivity index (χ3n) is 4.65. The van der Waals surface area contributed by atoms with E-state index in [1.807, 2.05) is 25.1 Å². The molecule has 1 heterocycles. The van der Waals surface area contributed by atoms with Crippen LogP contribution in [0, 0.1) is 5.92 Å². The molecule has 0 unspecified atom stereocenters. The number of carbonyl (C=O) groups is 1. The normalized spacial score (nSPS) is 16.0. The molecule has 0 saturated carbocycles. The van der Waals surface area contributed by atoms with Crippen LogP contribution >= 0.6 is 0 Å². The van der Waals surface area contributed by atoms with Crippen molar-refractivity contribution < 1.29 is 17.9 Å². The lowest BCUT2D eigenvalue weighted by Crippen LogP contribution is -2.41. The molecule has 0 atom stereocenters. The predicted octanol–water partition coefficient (Wildman–Crippen LogP) is 3.12. The van der Waals surface area contributed by atoms with Gasteiger partial charge in [0, 0.05) is 19.0 Å². The Kier molecular flexibility index (Phi) is 6.13. The summed E-state index contributed by atoms with van der Waals surface area (Å²) in [6.07, 6.45) is 0.989. The first-order valence-corrected chi connectivity index (χ1v) is 10.5. The first kappa shape index (κ1) is 19.4. The summed E-state index contributed by atoms with van der Waals surface area (Å²) in [4.78, 5) is 12.9. The number of amides is 1. The highest BCUT2D eigenvalue weighted by Gasteiger charge is 2.32. The van der Waals surface area contributed by atoms with E-state index < -0.39 is 10.0 Å². The Labute approximate surface area is 160 Å². The summed E-state index contributed by atoms with van der Waals surface area (Å²) in [7, 11) is -3.50. The van der Waals surface area contributed by atoms with Gasteiger partial charge in [-0.3, -0.25) is 4.79 Å². The van der Waals surface area contributed by atoms with Crippen LogP contribution < -0.4 is 10.1 Å².